The Hall–Kier alpha value is -1.85. The molecule has 0 saturated heterocycles. The average Bonchev–Trinajstić information content (AvgIpc) is 2.53. The van der Waals surface area contributed by atoms with Gasteiger partial charge in [0.15, 0.2) is 0 Å². The van der Waals surface area contributed by atoms with Crippen molar-refractivity contribution in [1.29, 1.82) is 0 Å². The van der Waals surface area contributed by atoms with Crippen LogP contribution in [0.2, 0.25) is 0 Å². The van der Waals surface area contributed by atoms with E-state index in [4.69, 9.17) is 10.2 Å². The summed E-state index contributed by atoms with van der Waals surface area (Å²) in [5.74, 6) is -1.69. The molecule has 1 aromatic heterocycles. The van der Waals surface area contributed by atoms with E-state index < -0.39 is 11.9 Å². The summed E-state index contributed by atoms with van der Waals surface area (Å²) in [4.78, 5) is 20.8. The smallest absolute Gasteiger partial charge is 0.307 e. The Balaban J connectivity index is 2.59. The SMILES string of the molecule is Cc1c[n+](CCC(=O)O)cn1CCC(=O)O. The van der Waals surface area contributed by atoms with Gasteiger partial charge in [0.05, 0.1) is 12.8 Å². The maximum absolute atomic E-state index is 10.4. The third-order valence-corrected chi connectivity index (χ3v) is 2.24. The van der Waals surface area contributed by atoms with Crippen molar-refractivity contribution in [3.8, 4) is 0 Å². The van der Waals surface area contributed by atoms with Gasteiger partial charge in [-0.1, -0.05) is 0 Å². The lowest BCUT2D eigenvalue weighted by Crippen LogP contribution is -2.32. The minimum Gasteiger partial charge on any atom is -0.481 e. The van der Waals surface area contributed by atoms with Gasteiger partial charge in [0.1, 0.15) is 25.0 Å². The van der Waals surface area contributed by atoms with Gasteiger partial charge < -0.3 is 10.2 Å². The molecule has 0 aliphatic heterocycles. The van der Waals surface area contributed by atoms with E-state index in [1.807, 2.05) is 13.1 Å². The van der Waals surface area contributed by atoms with Crippen LogP contribution in [0.4, 0.5) is 0 Å². The molecule has 0 spiro atoms. The van der Waals surface area contributed by atoms with Crippen molar-refractivity contribution in [3.05, 3.63) is 18.2 Å². The van der Waals surface area contributed by atoms with Crippen LogP contribution in [0.5, 0.6) is 0 Å². The van der Waals surface area contributed by atoms with Crippen molar-refractivity contribution < 1.29 is 24.4 Å². The number of aromatic nitrogens is 2. The summed E-state index contributed by atoms with van der Waals surface area (Å²) < 4.78 is 3.56. The predicted molar refractivity (Wildman–Crippen MR) is 53.9 cm³/mol. The van der Waals surface area contributed by atoms with Crippen LogP contribution in [0.25, 0.3) is 0 Å². The van der Waals surface area contributed by atoms with E-state index in [2.05, 4.69) is 0 Å². The van der Waals surface area contributed by atoms with E-state index in [1.54, 1.807) is 15.5 Å². The second-order valence-corrected chi connectivity index (χ2v) is 3.60. The second-order valence-electron chi connectivity index (χ2n) is 3.60. The van der Waals surface area contributed by atoms with Crippen LogP contribution in [0.1, 0.15) is 18.5 Å². The van der Waals surface area contributed by atoms with Gasteiger partial charge in [-0.15, -0.1) is 0 Å². The Morgan fingerprint density at radius 1 is 1.31 bits per heavy atom. The maximum atomic E-state index is 10.4. The molecule has 0 fully saturated rings. The molecular formula is C10H15N2O4+. The number of carbonyl (C=O) groups is 2. The highest BCUT2D eigenvalue weighted by molar-refractivity contribution is 5.66. The summed E-state index contributed by atoms with van der Waals surface area (Å²) in [5, 5.41) is 17.1. The Morgan fingerprint density at radius 2 is 1.94 bits per heavy atom. The number of imidazole rings is 1. The van der Waals surface area contributed by atoms with Crippen molar-refractivity contribution in [2.75, 3.05) is 0 Å². The zero-order valence-electron chi connectivity index (χ0n) is 9.09. The Kier molecular flexibility index (Phi) is 4.04. The molecule has 0 radical (unpaired) electrons. The zero-order chi connectivity index (χ0) is 12.1. The first kappa shape index (κ1) is 12.2. The summed E-state index contributed by atoms with van der Waals surface area (Å²) in [6.45, 7) is 2.66. The highest BCUT2D eigenvalue weighted by Gasteiger charge is 2.11. The standard InChI is InChI=1S/C10H14N2O4/c1-8-6-11(4-2-9(13)14)7-12(8)5-3-10(15)16/h6-7H,2-5H2,1H3,(H-,13,14,15,16)/p+1. The fourth-order valence-electron chi connectivity index (χ4n) is 1.41. The summed E-state index contributed by atoms with van der Waals surface area (Å²) in [7, 11) is 0. The molecule has 1 aromatic rings. The van der Waals surface area contributed by atoms with Gasteiger partial charge in [0, 0.05) is 6.92 Å². The van der Waals surface area contributed by atoms with Crippen molar-refractivity contribution >= 4 is 11.9 Å². The van der Waals surface area contributed by atoms with Gasteiger partial charge in [0.2, 0.25) is 6.33 Å². The molecule has 1 heterocycles. The van der Waals surface area contributed by atoms with Crippen LogP contribution in [-0.4, -0.2) is 26.7 Å². The van der Waals surface area contributed by atoms with Gasteiger partial charge in [-0.05, 0) is 0 Å². The lowest BCUT2D eigenvalue weighted by molar-refractivity contribution is -0.695. The summed E-state index contributed by atoms with van der Waals surface area (Å²) in [6, 6.07) is 0. The fraction of sp³-hybridized carbons (Fsp3) is 0.500. The molecule has 6 heteroatoms. The van der Waals surface area contributed by atoms with Crippen LogP contribution in [-0.2, 0) is 22.7 Å². The molecule has 2 N–H and O–H groups in total. The molecule has 0 unspecified atom stereocenters. The first-order valence-electron chi connectivity index (χ1n) is 4.98. The minimum absolute atomic E-state index is 0.0626. The molecule has 16 heavy (non-hydrogen) atoms. The quantitative estimate of drug-likeness (QED) is 0.672. The summed E-state index contributed by atoms with van der Waals surface area (Å²) in [5.41, 5.74) is 0.923. The molecule has 0 aliphatic carbocycles. The van der Waals surface area contributed by atoms with Gasteiger partial charge >= 0.3 is 11.9 Å². The van der Waals surface area contributed by atoms with Gasteiger partial charge in [-0.3, -0.25) is 9.59 Å². The Bertz CT molecular complexity index is 398. The van der Waals surface area contributed by atoms with Crippen LogP contribution in [0.3, 0.4) is 0 Å². The van der Waals surface area contributed by atoms with Crippen molar-refractivity contribution in [1.82, 2.24) is 4.57 Å². The molecule has 0 aliphatic rings. The highest BCUT2D eigenvalue weighted by Crippen LogP contribution is 1.98. The number of carboxylic acid groups (broad SMARTS) is 2. The number of hydrogen-bond donors (Lipinski definition) is 2. The Morgan fingerprint density at radius 3 is 2.50 bits per heavy atom. The van der Waals surface area contributed by atoms with Crippen molar-refractivity contribution in [3.63, 3.8) is 0 Å². The van der Waals surface area contributed by atoms with Crippen LogP contribution in [0, 0.1) is 6.92 Å². The normalized spacial score (nSPS) is 10.3. The molecular weight excluding hydrogens is 212 g/mol. The number of aryl methyl sites for hydroxylation is 3. The van der Waals surface area contributed by atoms with E-state index >= 15 is 0 Å². The summed E-state index contributed by atoms with van der Waals surface area (Å²) in [6.07, 6.45) is 3.67. The maximum Gasteiger partial charge on any atom is 0.307 e. The third-order valence-electron chi connectivity index (χ3n) is 2.24. The van der Waals surface area contributed by atoms with Crippen LogP contribution in [0.15, 0.2) is 12.5 Å². The zero-order valence-corrected chi connectivity index (χ0v) is 9.09. The van der Waals surface area contributed by atoms with Crippen LogP contribution < -0.4 is 4.57 Å². The lowest BCUT2D eigenvalue weighted by atomic mass is 10.4. The lowest BCUT2D eigenvalue weighted by Gasteiger charge is -1.94. The second kappa shape index (κ2) is 5.29. The Labute approximate surface area is 92.7 Å². The number of aliphatic carboxylic acids is 2. The molecule has 0 saturated carbocycles. The van der Waals surface area contributed by atoms with Crippen LogP contribution >= 0.6 is 0 Å². The fourth-order valence-corrected chi connectivity index (χ4v) is 1.41. The molecule has 0 aromatic carbocycles. The average molecular weight is 227 g/mol. The molecule has 0 amide bonds. The predicted octanol–water partition coefficient (Wildman–Crippen LogP) is 0.0334. The van der Waals surface area contributed by atoms with E-state index in [9.17, 15) is 9.59 Å². The first-order chi connectivity index (χ1) is 7.49. The minimum atomic E-state index is -0.844. The molecule has 6 nitrogen and oxygen atoms in total. The van der Waals surface area contributed by atoms with Gasteiger partial charge in [-0.2, -0.15) is 0 Å². The largest absolute Gasteiger partial charge is 0.481 e. The number of carboxylic acids is 2. The number of rotatable bonds is 6. The monoisotopic (exact) mass is 227 g/mol. The number of nitrogens with zero attached hydrogens (tertiary/aromatic N) is 2. The highest BCUT2D eigenvalue weighted by atomic mass is 16.4. The summed E-state index contributed by atoms with van der Waals surface area (Å²) >= 11 is 0. The number of hydrogen-bond acceptors (Lipinski definition) is 2. The van der Waals surface area contributed by atoms with E-state index in [0.29, 0.717) is 13.1 Å². The molecule has 1 rings (SSSR count). The van der Waals surface area contributed by atoms with Gasteiger partial charge in [-0.25, -0.2) is 9.13 Å². The molecule has 0 bridgehead atoms. The molecule has 0 atom stereocenters. The molecule has 88 valence electrons. The van der Waals surface area contributed by atoms with E-state index in [-0.39, 0.29) is 12.8 Å². The van der Waals surface area contributed by atoms with Gasteiger partial charge in [0.25, 0.3) is 0 Å². The van der Waals surface area contributed by atoms with E-state index in [1.165, 1.54) is 0 Å². The third kappa shape index (κ3) is 3.72. The first-order valence-corrected chi connectivity index (χ1v) is 4.98. The topological polar surface area (TPSA) is 83.4 Å². The van der Waals surface area contributed by atoms with Crippen molar-refractivity contribution in [2.24, 2.45) is 0 Å². The van der Waals surface area contributed by atoms with E-state index in [0.717, 1.165) is 5.69 Å². The van der Waals surface area contributed by atoms with Crippen molar-refractivity contribution in [2.45, 2.75) is 32.9 Å².